The van der Waals surface area contributed by atoms with Crippen LogP contribution < -0.4 is 10.0 Å². The Morgan fingerprint density at radius 1 is 1.31 bits per heavy atom. The monoisotopic (exact) mass is 306 g/mol. The van der Waals surface area contributed by atoms with Crippen LogP contribution in [0.25, 0.3) is 0 Å². The predicted molar refractivity (Wildman–Crippen MR) is 67.9 cm³/mol. The molecule has 16 heavy (non-hydrogen) atoms. The molecule has 2 N–H and O–H groups in total. The van der Waals surface area contributed by atoms with E-state index in [1.165, 1.54) is 7.05 Å². The van der Waals surface area contributed by atoms with Crippen molar-refractivity contribution in [1.82, 2.24) is 10.0 Å². The summed E-state index contributed by atoms with van der Waals surface area (Å²) in [6, 6.07) is 3.60. The van der Waals surface area contributed by atoms with Crippen LogP contribution in [0.15, 0.2) is 21.5 Å². The van der Waals surface area contributed by atoms with Gasteiger partial charge >= 0.3 is 0 Å². The second kappa shape index (κ2) is 5.27. The average molecular weight is 307 g/mol. The highest BCUT2D eigenvalue weighted by Gasteiger charge is 2.17. The molecule has 90 valence electrons. The largest absolute Gasteiger partial charge is 0.316 e. The molecule has 4 nitrogen and oxygen atoms in total. The molecule has 0 bridgehead atoms. The summed E-state index contributed by atoms with van der Waals surface area (Å²) in [5, 5.41) is 2.99. The first kappa shape index (κ1) is 13.6. The first-order chi connectivity index (χ1) is 7.42. The fourth-order valence-electron chi connectivity index (χ4n) is 1.40. The minimum absolute atomic E-state index is 0.314. The second-order valence-corrected chi connectivity index (χ2v) is 6.15. The highest BCUT2D eigenvalue weighted by atomic mass is 79.9. The van der Waals surface area contributed by atoms with Crippen molar-refractivity contribution in [3.63, 3.8) is 0 Å². The third-order valence-electron chi connectivity index (χ3n) is 2.30. The Morgan fingerprint density at radius 3 is 2.44 bits per heavy atom. The fraction of sp³-hybridized carbons (Fsp3) is 0.400. The molecule has 6 heteroatoms. The number of hydrogen-bond donors (Lipinski definition) is 2. The Bertz CT molecular complexity index is 486. The van der Waals surface area contributed by atoms with Gasteiger partial charge in [0.1, 0.15) is 0 Å². The molecule has 0 heterocycles. The van der Waals surface area contributed by atoms with Crippen LogP contribution in [-0.2, 0) is 16.6 Å². The van der Waals surface area contributed by atoms with Crippen molar-refractivity contribution in [3.8, 4) is 0 Å². The van der Waals surface area contributed by atoms with Crippen molar-refractivity contribution in [2.45, 2.75) is 18.4 Å². The molecule has 0 amide bonds. The topological polar surface area (TPSA) is 58.2 Å². The molecule has 0 atom stereocenters. The van der Waals surface area contributed by atoms with Crippen molar-refractivity contribution < 1.29 is 8.42 Å². The molecular formula is C10H15BrN2O2S. The molecule has 0 aliphatic rings. The summed E-state index contributed by atoms with van der Waals surface area (Å²) in [5.41, 5.74) is 1.64. The Morgan fingerprint density at radius 2 is 1.94 bits per heavy atom. The van der Waals surface area contributed by atoms with Crippen LogP contribution in [0.5, 0.6) is 0 Å². The minimum Gasteiger partial charge on any atom is -0.316 e. The number of halogens is 1. The van der Waals surface area contributed by atoms with Gasteiger partial charge in [-0.15, -0.1) is 0 Å². The summed E-state index contributed by atoms with van der Waals surface area (Å²) in [5.74, 6) is 0. The summed E-state index contributed by atoms with van der Waals surface area (Å²) in [7, 11) is -0.170. The van der Waals surface area contributed by atoms with E-state index in [9.17, 15) is 8.42 Å². The lowest BCUT2D eigenvalue weighted by Gasteiger charge is -2.11. The highest BCUT2D eigenvalue weighted by molar-refractivity contribution is 9.10. The zero-order valence-electron chi connectivity index (χ0n) is 9.46. The number of rotatable bonds is 4. The van der Waals surface area contributed by atoms with E-state index in [1.807, 2.05) is 13.1 Å². The Balaban J connectivity index is 3.38. The van der Waals surface area contributed by atoms with Gasteiger partial charge in [-0.05, 0) is 44.3 Å². The van der Waals surface area contributed by atoms with E-state index >= 15 is 0 Å². The average Bonchev–Trinajstić information content (AvgIpc) is 2.23. The quantitative estimate of drug-likeness (QED) is 0.884. The van der Waals surface area contributed by atoms with Gasteiger partial charge in [0.05, 0.1) is 4.90 Å². The lowest BCUT2D eigenvalue weighted by molar-refractivity contribution is 0.587. The fourth-order valence-corrected chi connectivity index (χ4v) is 3.08. The Kier molecular flexibility index (Phi) is 4.49. The molecule has 0 radical (unpaired) electrons. The number of benzene rings is 1. The number of nitrogens with one attached hydrogen (secondary N) is 2. The molecule has 0 fully saturated rings. The standard InChI is InChI=1S/C10H15BrN2O2S/c1-7-9(11)4-8(6-12-2)5-10(7)16(14,15)13-3/h4-5,12-13H,6H2,1-3H3. The first-order valence-corrected chi connectivity index (χ1v) is 7.07. The van der Waals surface area contributed by atoms with Crippen molar-refractivity contribution in [2.24, 2.45) is 0 Å². The minimum atomic E-state index is -3.40. The second-order valence-electron chi connectivity index (χ2n) is 3.44. The van der Waals surface area contributed by atoms with E-state index in [1.54, 1.807) is 13.0 Å². The maximum Gasteiger partial charge on any atom is 0.240 e. The zero-order chi connectivity index (χ0) is 12.3. The summed E-state index contributed by atoms with van der Waals surface area (Å²) < 4.78 is 26.7. The summed E-state index contributed by atoms with van der Waals surface area (Å²) >= 11 is 3.37. The highest BCUT2D eigenvalue weighted by Crippen LogP contribution is 2.25. The molecule has 0 unspecified atom stereocenters. The smallest absolute Gasteiger partial charge is 0.240 e. The van der Waals surface area contributed by atoms with Crippen molar-refractivity contribution >= 4 is 26.0 Å². The molecule has 0 spiro atoms. The Labute approximate surface area is 105 Å². The van der Waals surface area contributed by atoms with Gasteiger partial charge in [0, 0.05) is 11.0 Å². The van der Waals surface area contributed by atoms with Crippen molar-refractivity contribution in [3.05, 3.63) is 27.7 Å². The third kappa shape index (κ3) is 2.82. The van der Waals surface area contributed by atoms with E-state index in [0.717, 1.165) is 10.0 Å². The third-order valence-corrected chi connectivity index (χ3v) is 4.66. The lowest BCUT2D eigenvalue weighted by Crippen LogP contribution is -2.20. The maximum absolute atomic E-state index is 11.8. The molecule has 0 aromatic heterocycles. The molecule has 1 aromatic carbocycles. The number of sulfonamides is 1. The van der Waals surface area contributed by atoms with E-state index in [2.05, 4.69) is 26.0 Å². The van der Waals surface area contributed by atoms with Crippen LogP contribution >= 0.6 is 15.9 Å². The molecule has 0 aliphatic heterocycles. The predicted octanol–water partition coefficient (Wildman–Crippen LogP) is 1.39. The van der Waals surface area contributed by atoms with Gasteiger partial charge in [0.25, 0.3) is 0 Å². The van der Waals surface area contributed by atoms with Crippen LogP contribution in [0, 0.1) is 6.92 Å². The molecule has 1 aromatic rings. The van der Waals surface area contributed by atoms with E-state index in [4.69, 9.17) is 0 Å². The summed E-state index contributed by atoms with van der Waals surface area (Å²) in [4.78, 5) is 0.314. The zero-order valence-corrected chi connectivity index (χ0v) is 11.9. The van der Waals surface area contributed by atoms with Gasteiger partial charge in [0.2, 0.25) is 10.0 Å². The summed E-state index contributed by atoms with van der Waals surface area (Å²) in [6.07, 6.45) is 0. The van der Waals surface area contributed by atoms with E-state index in [-0.39, 0.29) is 0 Å². The van der Waals surface area contributed by atoms with Crippen LogP contribution in [0.3, 0.4) is 0 Å². The van der Waals surface area contributed by atoms with Crippen LogP contribution in [0.2, 0.25) is 0 Å². The van der Waals surface area contributed by atoms with Crippen molar-refractivity contribution in [2.75, 3.05) is 14.1 Å². The molecular weight excluding hydrogens is 292 g/mol. The van der Waals surface area contributed by atoms with E-state index in [0.29, 0.717) is 17.0 Å². The van der Waals surface area contributed by atoms with Gasteiger partial charge in [0.15, 0.2) is 0 Å². The molecule has 0 saturated carbocycles. The van der Waals surface area contributed by atoms with Crippen LogP contribution in [-0.4, -0.2) is 22.5 Å². The molecule has 1 rings (SSSR count). The van der Waals surface area contributed by atoms with Gasteiger partial charge in [-0.25, -0.2) is 13.1 Å². The lowest BCUT2D eigenvalue weighted by atomic mass is 10.1. The normalized spacial score (nSPS) is 11.8. The maximum atomic E-state index is 11.8. The van der Waals surface area contributed by atoms with Gasteiger partial charge in [-0.3, -0.25) is 0 Å². The number of hydrogen-bond acceptors (Lipinski definition) is 3. The van der Waals surface area contributed by atoms with Crippen LogP contribution in [0.4, 0.5) is 0 Å². The van der Waals surface area contributed by atoms with Gasteiger partial charge in [-0.1, -0.05) is 15.9 Å². The van der Waals surface area contributed by atoms with Gasteiger partial charge < -0.3 is 5.32 Å². The van der Waals surface area contributed by atoms with Crippen LogP contribution in [0.1, 0.15) is 11.1 Å². The summed E-state index contributed by atoms with van der Waals surface area (Å²) in [6.45, 7) is 2.41. The van der Waals surface area contributed by atoms with E-state index < -0.39 is 10.0 Å². The van der Waals surface area contributed by atoms with Crippen molar-refractivity contribution in [1.29, 1.82) is 0 Å². The van der Waals surface area contributed by atoms with Gasteiger partial charge in [-0.2, -0.15) is 0 Å². The first-order valence-electron chi connectivity index (χ1n) is 4.79. The molecule has 0 saturated heterocycles. The molecule has 0 aliphatic carbocycles. The SMILES string of the molecule is CNCc1cc(Br)c(C)c(S(=O)(=O)NC)c1. The Hall–Kier alpha value is -0.430.